The van der Waals surface area contributed by atoms with Gasteiger partial charge in [0.05, 0.1) is 18.2 Å². The maximum Gasteiger partial charge on any atom is 0.328 e. The summed E-state index contributed by atoms with van der Waals surface area (Å²) in [5.74, 6) is -0.938. The SMILES string of the molecule is C[C@@H]1CN2c3ncc(-c4ccc(F)cc4)cc3CC3(C(=O)NC(=O)NC3=O)[C@H]2[C@H](C)O1. The van der Waals surface area contributed by atoms with Gasteiger partial charge >= 0.3 is 6.03 Å². The second-order valence-electron chi connectivity index (χ2n) is 8.35. The van der Waals surface area contributed by atoms with Crippen molar-refractivity contribution in [3.05, 3.63) is 47.9 Å². The number of pyridine rings is 1. The zero-order valence-corrected chi connectivity index (χ0v) is 17.0. The lowest BCUT2D eigenvalue weighted by Crippen LogP contribution is -2.75. The van der Waals surface area contributed by atoms with E-state index >= 15 is 0 Å². The molecule has 0 bridgehead atoms. The summed E-state index contributed by atoms with van der Waals surface area (Å²) in [5, 5.41) is 4.53. The Kier molecular flexibility index (Phi) is 4.33. The van der Waals surface area contributed by atoms with E-state index in [0.717, 1.165) is 11.1 Å². The van der Waals surface area contributed by atoms with E-state index in [4.69, 9.17) is 4.74 Å². The largest absolute Gasteiger partial charge is 0.372 e. The number of hydrogen-bond donors (Lipinski definition) is 2. The number of morpholine rings is 1. The van der Waals surface area contributed by atoms with Crippen LogP contribution in [-0.2, 0) is 20.7 Å². The molecule has 8 nitrogen and oxygen atoms in total. The molecule has 2 N–H and O–H groups in total. The fourth-order valence-corrected chi connectivity index (χ4v) is 5.10. The van der Waals surface area contributed by atoms with E-state index in [2.05, 4.69) is 15.6 Å². The average Bonchev–Trinajstić information content (AvgIpc) is 2.71. The van der Waals surface area contributed by atoms with Crippen molar-refractivity contribution in [3.63, 3.8) is 0 Å². The third-order valence-electron chi connectivity index (χ3n) is 6.31. The van der Waals surface area contributed by atoms with Gasteiger partial charge in [0.1, 0.15) is 11.6 Å². The van der Waals surface area contributed by atoms with Crippen molar-refractivity contribution in [2.45, 2.75) is 38.5 Å². The van der Waals surface area contributed by atoms with E-state index in [9.17, 15) is 18.8 Å². The molecular formula is C22H21FN4O4. The summed E-state index contributed by atoms with van der Waals surface area (Å²) in [6.07, 6.45) is 1.19. The fourth-order valence-electron chi connectivity index (χ4n) is 5.10. The molecule has 2 fully saturated rings. The molecule has 5 rings (SSSR count). The summed E-state index contributed by atoms with van der Waals surface area (Å²) in [7, 11) is 0. The highest BCUT2D eigenvalue weighted by molar-refractivity contribution is 6.20. The molecular weight excluding hydrogens is 403 g/mol. The third-order valence-corrected chi connectivity index (χ3v) is 6.31. The number of hydrogen-bond acceptors (Lipinski definition) is 6. The molecule has 3 aliphatic rings. The molecule has 0 radical (unpaired) electrons. The molecule has 0 unspecified atom stereocenters. The van der Waals surface area contributed by atoms with Gasteiger partial charge in [-0.15, -0.1) is 0 Å². The number of halogens is 1. The smallest absolute Gasteiger partial charge is 0.328 e. The minimum absolute atomic E-state index is 0.0680. The number of nitrogens with zero attached hydrogens (tertiary/aromatic N) is 2. The summed E-state index contributed by atoms with van der Waals surface area (Å²) in [5.41, 5.74) is 0.682. The fraction of sp³-hybridized carbons (Fsp3) is 0.364. The van der Waals surface area contributed by atoms with Crippen LogP contribution in [-0.4, -0.2) is 47.6 Å². The number of imide groups is 2. The molecule has 0 aliphatic carbocycles. The molecule has 1 spiro atoms. The predicted octanol–water partition coefficient (Wildman–Crippen LogP) is 1.78. The number of amides is 4. The van der Waals surface area contributed by atoms with Crippen LogP contribution in [0.1, 0.15) is 19.4 Å². The first-order valence-corrected chi connectivity index (χ1v) is 10.1. The Morgan fingerprint density at radius 1 is 1.10 bits per heavy atom. The number of aromatic nitrogens is 1. The molecule has 31 heavy (non-hydrogen) atoms. The van der Waals surface area contributed by atoms with E-state index in [1.807, 2.05) is 24.8 Å². The quantitative estimate of drug-likeness (QED) is 0.677. The van der Waals surface area contributed by atoms with E-state index in [0.29, 0.717) is 17.9 Å². The molecule has 1 aromatic heterocycles. The highest BCUT2D eigenvalue weighted by Crippen LogP contribution is 2.46. The van der Waals surface area contributed by atoms with Crippen LogP contribution in [0.25, 0.3) is 11.1 Å². The van der Waals surface area contributed by atoms with Crippen LogP contribution in [0.3, 0.4) is 0 Å². The van der Waals surface area contributed by atoms with Gasteiger partial charge < -0.3 is 9.64 Å². The Hall–Kier alpha value is -3.33. The minimum Gasteiger partial charge on any atom is -0.372 e. The number of nitrogens with one attached hydrogen (secondary N) is 2. The topological polar surface area (TPSA) is 101 Å². The van der Waals surface area contributed by atoms with Crippen LogP contribution < -0.4 is 15.5 Å². The Balaban J connectivity index is 1.66. The van der Waals surface area contributed by atoms with Crippen molar-refractivity contribution < 1.29 is 23.5 Å². The third kappa shape index (κ3) is 2.91. The zero-order chi connectivity index (χ0) is 21.9. The Morgan fingerprint density at radius 2 is 1.77 bits per heavy atom. The second kappa shape index (κ2) is 6.84. The molecule has 0 saturated carbocycles. The van der Waals surface area contributed by atoms with Gasteiger partial charge in [0.2, 0.25) is 11.8 Å². The molecule has 4 heterocycles. The zero-order valence-electron chi connectivity index (χ0n) is 17.0. The van der Waals surface area contributed by atoms with E-state index in [1.165, 1.54) is 12.1 Å². The Labute approximate surface area is 177 Å². The predicted molar refractivity (Wildman–Crippen MR) is 109 cm³/mol. The van der Waals surface area contributed by atoms with Crippen molar-refractivity contribution in [2.75, 3.05) is 11.4 Å². The van der Waals surface area contributed by atoms with Crippen molar-refractivity contribution in [1.29, 1.82) is 0 Å². The van der Waals surface area contributed by atoms with Crippen LogP contribution in [0, 0.1) is 11.2 Å². The number of carbonyl (C=O) groups excluding carboxylic acids is 3. The standard InChI is InChI=1S/C22H21FN4O4/c1-11-10-27-17(12(2)31-11)22(19(28)25-21(30)26-20(22)29)8-14-7-15(9-24-18(14)27)13-3-5-16(23)6-4-13/h3-7,9,11-12,17H,8,10H2,1-2H3,(H2,25,26,28,29,30)/t11-,12+,17-/m1/s1. The van der Waals surface area contributed by atoms with Crippen LogP contribution >= 0.6 is 0 Å². The summed E-state index contributed by atoms with van der Waals surface area (Å²) in [6, 6.07) is 6.46. The number of barbiturate groups is 1. The van der Waals surface area contributed by atoms with Gasteiger partial charge in [-0.2, -0.15) is 0 Å². The minimum atomic E-state index is -1.54. The lowest BCUT2D eigenvalue weighted by atomic mass is 9.67. The number of ether oxygens (including phenoxy) is 1. The average molecular weight is 424 g/mol. The molecule has 3 atom stereocenters. The lowest BCUT2D eigenvalue weighted by molar-refractivity contribution is -0.153. The molecule has 1 aromatic carbocycles. The van der Waals surface area contributed by atoms with Gasteiger partial charge in [0.15, 0.2) is 5.41 Å². The van der Waals surface area contributed by atoms with Crippen molar-refractivity contribution in [3.8, 4) is 11.1 Å². The van der Waals surface area contributed by atoms with Crippen LogP contribution in [0.4, 0.5) is 15.0 Å². The molecule has 3 aliphatic heterocycles. The number of carbonyl (C=O) groups is 3. The molecule has 2 aromatic rings. The van der Waals surface area contributed by atoms with Gasteiger partial charge in [-0.25, -0.2) is 14.2 Å². The number of anilines is 1. The van der Waals surface area contributed by atoms with E-state index in [-0.39, 0.29) is 18.3 Å². The van der Waals surface area contributed by atoms with Crippen LogP contribution in [0.5, 0.6) is 0 Å². The van der Waals surface area contributed by atoms with Crippen LogP contribution in [0.15, 0.2) is 36.5 Å². The van der Waals surface area contributed by atoms with Crippen molar-refractivity contribution >= 4 is 23.7 Å². The molecule has 4 amide bonds. The van der Waals surface area contributed by atoms with E-state index < -0.39 is 35.4 Å². The summed E-state index contributed by atoms with van der Waals surface area (Å²) in [6.45, 7) is 4.19. The first kappa shape index (κ1) is 19.6. The monoisotopic (exact) mass is 424 g/mol. The lowest BCUT2D eigenvalue weighted by Gasteiger charge is -2.54. The Morgan fingerprint density at radius 3 is 2.45 bits per heavy atom. The van der Waals surface area contributed by atoms with Crippen molar-refractivity contribution in [2.24, 2.45) is 5.41 Å². The van der Waals surface area contributed by atoms with E-state index in [1.54, 1.807) is 18.3 Å². The highest BCUT2D eigenvalue weighted by atomic mass is 19.1. The van der Waals surface area contributed by atoms with Gasteiger partial charge in [-0.1, -0.05) is 12.1 Å². The Bertz CT molecular complexity index is 1080. The first-order chi connectivity index (χ1) is 14.8. The normalized spacial score (nSPS) is 26.7. The number of benzene rings is 1. The molecule has 2 saturated heterocycles. The molecule has 9 heteroatoms. The van der Waals surface area contributed by atoms with Gasteiger partial charge in [0, 0.05) is 24.7 Å². The highest BCUT2D eigenvalue weighted by Gasteiger charge is 2.63. The number of rotatable bonds is 1. The van der Waals surface area contributed by atoms with Gasteiger partial charge in [-0.3, -0.25) is 20.2 Å². The number of urea groups is 1. The summed E-state index contributed by atoms with van der Waals surface area (Å²) < 4.78 is 19.3. The van der Waals surface area contributed by atoms with Crippen LogP contribution in [0.2, 0.25) is 0 Å². The van der Waals surface area contributed by atoms with Crippen molar-refractivity contribution in [1.82, 2.24) is 15.6 Å². The summed E-state index contributed by atoms with van der Waals surface area (Å²) in [4.78, 5) is 44.6. The number of fused-ring (bicyclic) bond motifs is 4. The first-order valence-electron chi connectivity index (χ1n) is 10.1. The second-order valence-corrected chi connectivity index (χ2v) is 8.35. The van der Waals surface area contributed by atoms with Gasteiger partial charge in [-0.05, 0) is 43.2 Å². The maximum absolute atomic E-state index is 13.3. The van der Waals surface area contributed by atoms with Gasteiger partial charge in [0.25, 0.3) is 0 Å². The maximum atomic E-state index is 13.3. The summed E-state index contributed by atoms with van der Waals surface area (Å²) >= 11 is 0. The molecule has 160 valence electrons.